The lowest BCUT2D eigenvalue weighted by atomic mass is 10.2. The molecule has 0 saturated carbocycles. The largest absolute Gasteiger partial charge is 0.349 e. The van der Waals surface area contributed by atoms with E-state index in [0.717, 1.165) is 37.1 Å². The molecule has 2 aromatic rings. The van der Waals surface area contributed by atoms with E-state index in [4.69, 9.17) is 0 Å². The van der Waals surface area contributed by atoms with Crippen LogP contribution in [0.25, 0.3) is 5.69 Å². The summed E-state index contributed by atoms with van der Waals surface area (Å²) in [5.74, 6) is -0.0507. The van der Waals surface area contributed by atoms with Crippen LogP contribution >= 0.6 is 0 Å². The van der Waals surface area contributed by atoms with Gasteiger partial charge in [-0.2, -0.15) is 5.10 Å². The Balaban J connectivity index is 1.73. The van der Waals surface area contributed by atoms with E-state index in [0.29, 0.717) is 24.3 Å². The fourth-order valence-corrected chi connectivity index (χ4v) is 3.90. The molecule has 1 N–H and O–H groups in total. The third kappa shape index (κ3) is 3.83. The lowest BCUT2D eigenvalue weighted by molar-refractivity contribution is 0.0933. The maximum Gasteiger partial charge on any atom is 0.272 e. The topological polar surface area (TPSA) is 50.2 Å². The van der Waals surface area contributed by atoms with Crippen LogP contribution < -0.4 is 5.32 Å². The Kier molecular flexibility index (Phi) is 5.77. The van der Waals surface area contributed by atoms with E-state index < -0.39 is 0 Å². The van der Waals surface area contributed by atoms with Gasteiger partial charge in [-0.1, -0.05) is 18.2 Å². The van der Waals surface area contributed by atoms with Gasteiger partial charge in [0.05, 0.1) is 5.69 Å². The molecule has 1 heterocycles. The molecule has 1 aromatic carbocycles. The van der Waals surface area contributed by atoms with Gasteiger partial charge in [0.15, 0.2) is 5.69 Å². The van der Waals surface area contributed by atoms with Crippen molar-refractivity contribution in [1.29, 1.82) is 0 Å². The van der Waals surface area contributed by atoms with Crippen LogP contribution in [-0.2, 0) is 12.8 Å². The van der Waals surface area contributed by atoms with Gasteiger partial charge in [-0.25, -0.2) is 4.68 Å². The second-order valence-corrected chi connectivity index (χ2v) is 7.56. The van der Waals surface area contributed by atoms with Gasteiger partial charge in [0.1, 0.15) is 0 Å². The highest BCUT2D eigenvalue weighted by Crippen LogP contribution is 2.27. The smallest absolute Gasteiger partial charge is 0.272 e. The maximum absolute atomic E-state index is 12.8. The van der Waals surface area contributed by atoms with Crippen LogP contribution in [0.1, 0.15) is 55.9 Å². The van der Waals surface area contributed by atoms with Crippen molar-refractivity contribution in [1.82, 2.24) is 20.0 Å². The number of hydrogen-bond donors (Lipinski definition) is 1. The first-order chi connectivity index (χ1) is 12.5. The van der Waals surface area contributed by atoms with E-state index in [2.05, 4.69) is 43.0 Å². The van der Waals surface area contributed by atoms with Crippen LogP contribution in [0.3, 0.4) is 0 Å². The number of carbonyl (C=O) groups is 1. The summed E-state index contributed by atoms with van der Waals surface area (Å²) in [5, 5.41) is 7.74. The Morgan fingerprint density at radius 1 is 1.15 bits per heavy atom. The number of carbonyl (C=O) groups excluding carboxylic acids is 1. The van der Waals surface area contributed by atoms with Gasteiger partial charge in [-0.15, -0.1) is 0 Å². The molecule has 1 amide bonds. The molecule has 3 rings (SSSR count). The summed E-state index contributed by atoms with van der Waals surface area (Å²) < 4.78 is 1.95. The third-order valence-electron chi connectivity index (χ3n) is 5.13. The molecule has 0 fully saturated rings. The van der Waals surface area contributed by atoms with Crippen LogP contribution in [0.2, 0.25) is 0 Å². The van der Waals surface area contributed by atoms with E-state index in [9.17, 15) is 4.79 Å². The molecule has 0 aliphatic heterocycles. The van der Waals surface area contributed by atoms with Crippen LogP contribution in [-0.4, -0.2) is 45.8 Å². The van der Waals surface area contributed by atoms with Crippen LogP contribution in [0.4, 0.5) is 0 Å². The molecular weight excluding hydrogens is 324 g/mol. The third-order valence-corrected chi connectivity index (χ3v) is 5.13. The van der Waals surface area contributed by atoms with E-state index in [1.54, 1.807) is 0 Å². The highest BCUT2D eigenvalue weighted by atomic mass is 16.2. The predicted molar refractivity (Wildman–Crippen MR) is 105 cm³/mol. The SMILES string of the molecule is CC(C)N(CCNC(=O)c1nn(-c2ccccc2)c2c1CCC2)C(C)C. The molecule has 1 aliphatic rings. The maximum atomic E-state index is 12.8. The molecule has 0 unspecified atom stereocenters. The summed E-state index contributed by atoms with van der Waals surface area (Å²) in [6, 6.07) is 11.0. The van der Waals surface area contributed by atoms with Gasteiger partial charge in [0.25, 0.3) is 5.91 Å². The monoisotopic (exact) mass is 354 g/mol. The van der Waals surface area contributed by atoms with Crippen molar-refractivity contribution in [2.75, 3.05) is 13.1 Å². The zero-order valence-corrected chi connectivity index (χ0v) is 16.3. The van der Waals surface area contributed by atoms with Crippen LogP contribution in [0, 0.1) is 0 Å². The Morgan fingerprint density at radius 3 is 2.50 bits per heavy atom. The van der Waals surface area contributed by atoms with Crippen LogP contribution in [0.15, 0.2) is 30.3 Å². The first kappa shape index (κ1) is 18.6. The summed E-state index contributed by atoms with van der Waals surface area (Å²) in [5.41, 5.74) is 3.93. The van der Waals surface area contributed by atoms with Gasteiger partial charge >= 0.3 is 0 Å². The Bertz CT molecular complexity index is 741. The standard InChI is InChI=1S/C21H30N4O/c1-15(2)24(16(3)4)14-13-22-21(26)20-18-11-8-12-19(18)25(23-20)17-9-6-5-7-10-17/h5-7,9-10,15-16H,8,11-14H2,1-4H3,(H,22,26). The summed E-state index contributed by atoms with van der Waals surface area (Å²) in [7, 11) is 0. The van der Waals surface area contributed by atoms with Gasteiger partial charge in [0, 0.05) is 36.4 Å². The van der Waals surface area contributed by atoms with Crippen molar-refractivity contribution in [2.45, 2.75) is 59.0 Å². The summed E-state index contributed by atoms with van der Waals surface area (Å²) in [4.78, 5) is 15.1. The van der Waals surface area contributed by atoms with E-state index >= 15 is 0 Å². The molecule has 140 valence electrons. The molecule has 0 spiro atoms. The minimum absolute atomic E-state index is 0.0507. The lowest BCUT2D eigenvalue weighted by Crippen LogP contribution is -2.42. The fourth-order valence-electron chi connectivity index (χ4n) is 3.90. The number of hydrogen-bond acceptors (Lipinski definition) is 3. The van der Waals surface area contributed by atoms with Crippen molar-refractivity contribution in [3.05, 3.63) is 47.3 Å². The number of nitrogens with zero attached hydrogens (tertiary/aromatic N) is 3. The highest BCUT2D eigenvalue weighted by molar-refractivity contribution is 5.94. The van der Waals surface area contributed by atoms with Gasteiger partial charge in [-0.3, -0.25) is 9.69 Å². The second-order valence-electron chi connectivity index (χ2n) is 7.56. The molecule has 5 nitrogen and oxygen atoms in total. The molecule has 0 saturated heterocycles. The number of para-hydroxylation sites is 1. The number of nitrogens with one attached hydrogen (secondary N) is 1. The molecule has 5 heteroatoms. The summed E-state index contributed by atoms with van der Waals surface area (Å²) in [6.07, 6.45) is 3.02. The number of fused-ring (bicyclic) bond motifs is 1. The van der Waals surface area contributed by atoms with Crippen molar-refractivity contribution in [3.8, 4) is 5.69 Å². The minimum atomic E-state index is -0.0507. The molecule has 0 atom stereocenters. The number of benzene rings is 1. The Hall–Kier alpha value is -2.14. The van der Waals surface area contributed by atoms with Gasteiger partial charge < -0.3 is 5.32 Å². The molecule has 26 heavy (non-hydrogen) atoms. The quantitative estimate of drug-likeness (QED) is 0.831. The molecule has 1 aliphatic carbocycles. The minimum Gasteiger partial charge on any atom is -0.349 e. The zero-order valence-electron chi connectivity index (χ0n) is 16.3. The van der Waals surface area contributed by atoms with Crippen molar-refractivity contribution in [3.63, 3.8) is 0 Å². The van der Waals surface area contributed by atoms with Crippen LogP contribution in [0.5, 0.6) is 0 Å². The van der Waals surface area contributed by atoms with Crippen molar-refractivity contribution >= 4 is 5.91 Å². The second kappa shape index (κ2) is 8.04. The number of aromatic nitrogens is 2. The average Bonchev–Trinajstić information content (AvgIpc) is 3.21. The molecular formula is C21H30N4O. The lowest BCUT2D eigenvalue weighted by Gasteiger charge is -2.30. The summed E-state index contributed by atoms with van der Waals surface area (Å²) in [6.45, 7) is 10.3. The predicted octanol–water partition coefficient (Wildman–Crippen LogP) is 3.21. The number of amides is 1. The highest BCUT2D eigenvalue weighted by Gasteiger charge is 2.26. The molecule has 1 aromatic heterocycles. The Labute approximate surface area is 156 Å². The van der Waals surface area contributed by atoms with E-state index in [1.807, 2.05) is 35.0 Å². The van der Waals surface area contributed by atoms with Gasteiger partial charge in [0.2, 0.25) is 0 Å². The number of rotatable bonds is 7. The van der Waals surface area contributed by atoms with E-state index in [-0.39, 0.29) is 5.91 Å². The average molecular weight is 354 g/mol. The fraction of sp³-hybridized carbons (Fsp3) is 0.524. The first-order valence-electron chi connectivity index (χ1n) is 9.69. The van der Waals surface area contributed by atoms with Crippen molar-refractivity contribution < 1.29 is 4.79 Å². The molecule has 0 bridgehead atoms. The van der Waals surface area contributed by atoms with Crippen molar-refractivity contribution in [2.24, 2.45) is 0 Å². The van der Waals surface area contributed by atoms with Gasteiger partial charge in [-0.05, 0) is 59.1 Å². The zero-order chi connectivity index (χ0) is 18.7. The summed E-state index contributed by atoms with van der Waals surface area (Å²) >= 11 is 0. The first-order valence-corrected chi connectivity index (χ1v) is 9.69. The normalized spacial score (nSPS) is 13.7. The van der Waals surface area contributed by atoms with E-state index in [1.165, 1.54) is 5.69 Å². The Morgan fingerprint density at radius 2 is 1.85 bits per heavy atom. The molecule has 0 radical (unpaired) electrons.